The fraction of sp³-hybridized carbons (Fsp3) is 0.240. The Morgan fingerprint density at radius 1 is 1.11 bits per heavy atom. The van der Waals surface area contributed by atoms with Gasteiger partial charge in [-0.15, -0.1) is 11.3 Å². The molecule has 0 radical (unpaired) electrons. The Morgan fingerprint density at radius 3 is 2.71 bits per heavy atom. The molecule has 4 aromatic heterocycles. The van der Waals surface area contributed by atoms with Gasteiger partial charge in [-0.05, 0) is 44.5 Å². The lowest BCUT2D eigenvalue weighted by atomic mass is 10.0. The highest BCUT2D eigenvalue weighted by Crippen LogP contribution is 2.34. The first-order valence-electron chi connectivity index (χ1n) is 11.1. The van der Waals surface area contributed by atoms with Crippen molar-refractivity contribution in [1.29, 1.82) is 0 Å². The van der Waals surface area contributed by atoms with E-state index in [1.54, 1.807) is 20.0 Å². The summed E-state index contributed by atoms with van der Waals surface area (Å²) >= 11 is 1.41. The summed E-state index contributed by atoms with van der Waals surface area (Å²) in [7, 11) is 0. The minimum atomic E-state index is -0.822. The van der Waals surface area contributed by atoms with Gasteiger partial charge in [0.05, 0.1) is 22.9 Å². The second-order valence-electron chi connectivity index (χ2n) is 8.57. The number of ether oxygens (including phenoxy) is 1. The molecule has 35 heavy (non-hydrogen) atoms. The number of hydrogen-bond donors (Lipinski definition) is 0. The van der Waals surface area contributed by atoms with E-state index in [9.17, 15) is 13.6 Å². The Kier molecular flexibility index (Phi) is 5.15. The topological polar surface area (TPSA) is 82.8 Å². The summed E-state index contributed by atoms with van der Waals surface area (Å²) in [6.07, 6.45) is 2.71. The number of hydrogen-bond acceptors (Lipinski definition) is 7. The molecule has 5 aromatic rings. The van der Waals surface area contributed by atoms with Crippen LogP contribution in [0.15, 0.2) is 41.3 Å². The molecular formula is C25H19F2N5O2S. The minimum absolute atomic E-state index is 0.0264. The van der Waals surface area contributed by atoms with E-state index in [0.717, 1.165) is 40.9 Å². The average molecular weight is 492 g/mol. The SMILES string of the molecule is Cc1nc2c(=O)c(-c3cc4cnc([C@@H]5CCOC5)cc4s3)nn(-c3ccc(F)cc3F)c2nc1C. The molecule has 0 bridgehead atoms. The van der Waals surface area contributed by atoms with E-state index in [1.165, 1.54) is 22.1 Å². The van der Waals surface area contributed by atoms with E-state index in [4.69, 9.17) is 4.74 Å². The van der Waals surface area contributed by atoms with Crippen LogP contribution < -0.4 is 5.43 Å². The zero-order valence-electron chi connectivity index (χ0n) is 18.9. The Bertz CT molecular complexity index is 1690. The van der Waals surface area contributed by atoms with Crippen molar-refractivity contribution in [3.8, 4) is 16.3 Å². The molecule has 0 aliphatic carbocycles. The lowest BCUT2D eigenvalue weighted by Gasteiger charge is -2.12. The van der Waals surface area contributed by atoms with Crippen LogP contribution in [0.2, 0.25) is 0 Å². The summed E-state index contributed by atoms with van der Waals surface area (Å²) < 4.78 is 36.1. The number of halogens is 2. The maximum Gasteiger partial charge on any atom is 0.236 e. The molecule has 0 amide bonds. The number of rotatable bonds is 3. The number of benzene rings is 1. The fourth-order valence-corrected chi connectivity index (χ4v) is 5.30. The number of nitrogens with zero attached hydrogens (tertiary/aromatic N) is 5. The van der Waals surface area contributed by atoms with E-state index >= 15 is 0 Å². The predicted octanol–water partition coefficient (Wildman–Crippen LogP) is 4.85. The highest BCUT2D eigenvalue weighted by molar-refractivity contribution is 7.22. The van der Waals surface area contributed by atoms with Gasteiger partial charge >= 0.3 is 0 Å². The van der Waals surface area contributed by atoms with Crippen molar-refractivity contribution in [1.82, 2.24) is 24.7 Å². The van der Waals surface area contributed by atoms with Crippen LogP contribution in [0.3, 0.4) is 0 Å². The van der Waals surface area contributed by atoms with Crippen LogP contribution in [0.1, 0.15) is 29.4 Å². The normalized spacial score (nSPS) is 15.9. The Balaban J connectivity index is 1.59. The van der Waals surface area contributed by atoms with Gasteiger partial charge in [0.1, 0.15) is 11.5 Å². The van der Waals surface area contributed by atoms with Gasteiger partial charge in [-0.2, -0.15) is 5.10 Å². The standard InChI is InChI=1S/C25H19F2N5O2S/c1-12-13(2)30-25-23(29-12)24(33)22(31-32(25)19-4-3-16(26)8-17(19)27)21-7-15-10-28-18(9-20(15)35-21)14-5-6-34-11-14/h3-4,7-10,14H,5-6,11H2,1-2H3/t14-/m1/s1. The molecular weight excluding hydrogens is 472 g/mol. The quantitative estimate of drug-likeness (QED) is 0.359. The van der Waals surface area contributed by atoms with Crippen LogP contribution in [0.25, 0.3) is 37.5 Å². The highest BCUT2D eigenvalue weighted by Gasteiger charge is 2.22. The van der Waals surface area contributed by atoms with E-state index in [2.05, 4.69) is 20.1 Å². The zero-order valence-corrected chi connectivity index (χ0v) is 19.7. The summed E-state index contributed by atoms with van der Waals surface area (Å²) in [6, 6.07) is 7.05. The molecule has 1 saturated heterocycles. The van der Waals surface area contributed by atoms with Gasteiger partial charge in [-0.3, -0.25) is 9.78 Å². The van der Waals surface area contributed by atoms with Crippen molar-refractivity contribution in [3.63, 3.8) is 0 Å². The molecule has 1 aliphatic rings. The largest absolute Gasteiger partial charge is 0.381 e. The van der Waals surface area contributed by atoms with Gasteiger partial charge in [0.2, 0.25) is 5.43 Å². The summed E-state index contributed by atoms with van der Waals surface area (Å²) in [6.45, 7) is 4.87. The number of aryl methyl sites for hydroxylation is 2. The fourth-order valence-electron chi connectivity index (χ4n) is 4.23. The van der Waals surface area contributed by atoms with Crippen LogP contribution in [0, 0.1) is 25.5 Å². The van der Waals surface area contributed by atoms with Gasteiger partial charge < -0.3 is 4.74 Å². The molecule has 6 rings (SSSR count). The maximum absolute atomic E-state index is 14.8. The molecule has 1 aromatic carbocycles. The minimum Gasteiger partial charge on any atom is -0.381 e. The molecule has 0 N–H and O–H groups in total. The van der Waals surface area contributed by atoms with E-state index in [1.807, 2.05) is 12.1 Å². The van der Waals surface area contributed by atoms with Gasteiger partial charge in [-0.25, -0.2) is 23.4 Å². The Morgan fingerprint density at radius 2 is 1.94 bits per heavy atom. The smallest absolute Gasteiger partial charge is 0.236 e. The summed E-state index contributed by atoms with van der Waals surface area (Å²) in [5.74, 6) is -1.28. The molecule has 5 heterocycles. The summed E-state index contributed by atoms with van der Waals surface area (Å²) in [4.78, 5) is 27.6. The van der Waals surface area contributed by atoms with Crippen molar-refractivity contribution in [2.45, 2.75) is 26.2 Å². The molecule has 1 aliphatic heterocycles. The van der Waals surface area contributed by atoms with Gasteiger partial charge in [-0.1, -0.05) is 0 Å². The summed E-state index contributed by atoms with van der Waals surface area (Å²) in [5, 5.41) is 5.38. The number of fused-ring (bicyclic) bond motifs is 2. The lowest BCUT2D eigenvalue weighted by Crippen LogP contribution is -2.19. The molecule has 10 heteroatoms. The van der Waals surface area contributed by atoms with Crippen LogP contribution in [-0.4, -0.2) is 37.9 Å². The van der Waals surface area contributed by atoms with Crippen molar-refractivity contribution in [2.75, 3.05) is 13.2 Å². The number of aromatic nitrogens is 5. The first-order valence-corrected chi connectivity index (χ1v) is 11.9. The third-order valence-electron chi connectivity index (χ3n) is 6.26. The van der Waals surface area contributed by atoms with Crippen molar-refractivity contribution in [3.05, 3.63) is 75.5 Å². The van der Waals surface area contributed by atoms with Crippen LogP contribution in [0.4, 0.5) is 8.78 Å². The Labute approximate surface area is 202 Å². The number of thiophene rings is 1. The third kappa shape index (κ3) is 3.69. The Hall–Kier alpha value is -3.63. The average Bonchev–Trinajstić information content (AvgIpc) is 3.51. The molecule has 0 spiro atoms. The third-order valence-corrected chi connectivity index (χ3v) is 7.37. The molecule has 176 valence electrons. The predicted molar refractivity (Wildman–Crippen MR) is 129 cm³/mol. The van der Waals surface area contributed by atoms with Crippen molar-refractivity contribution < 1.29 is 13.5 Å². The summed E-state index contributed by atoms with van der Waals surface area (Å²) in [5.41, 5.74) is 1.99. The first-order chi connectivity index (χ1) is 16.9. The van der Waals surface area contributed by atoms with Crippen molar-refractivity contribution in [2.24, 2.45) is 0 Å². The van der Waals surface area contributed by atoms with Crippen LogP contribution in [-0.2, 0) is 4.74 Å². The van der Waals surface area contributed by atoms with Gasteiger partial charge in [0.25, 0.3) is 0 Å². The second kappa shape index (κ2) is 8.24. The van der Waals surface area contributed by atoms with E-state index < -0.39 is 17.1 Å². The van der Waals surface area contributed by atoms with E-state index in [-0.39, 0.29) is 28.5 Å². The van der Waals surface area contributed by atoms with Gasteiger partial charge in [0, 0.05) is 40.6 Å². The van der Waals surface area contributed by atoms with E-state index in [0.29, 0.717) is 22.9 Å². The number of pyridine rings is 1. The molecule has 7 nitrogen and oxygen atoms in total. The molecule has 1 fully saturated rings. The van der Waals surface area contributed by atoms with Crippen LogP contribution in [0.5, 0.6) is 0 Å². The zero-order chi connectivity index (χ0) is 24.3. The van der Waals surface area contributed by atoms with Crippen LogP contribution >= 0.6 is 11.3 Å². The maximum atomic E-state index is 14.8. The second-order valence-corrected chi connectivity index (χ2v) is 9.65. The lowest BCUT2D eigenvalue weighted by molar-refractivity contribution is 0.193. The molecule has 0 saturated carbocycles. The van der Waals surface area contributed by atoms with Gasteiger partial charge in [0.15, 0.2) is 22.7 Å². The first kappa shape index (κ1) is 21.9. The molecule has 1 atom stereocenters. The van der Waals surface area contributed by atoms with Crippen molar-refractivity contribution >= 4 is 32.6 Å². The monoisotopic (exact) mass is 491 g/mol. The highest BCUT2D eigenvalue weighted by atomic mass is 32.1. The molecule has 0 unspecified atom stereocenters.